The van der Waals surface area contributed by atoms with Gasteiger partial charge in [-0.1, -0.05) is 36.8 Å². The zero-order chi connectivity index (χ0) is 13.9. The number of nitrogens with one attached hydrogen (secondary N) is 1. The number of aliphatic hydroxyl groups is 1. The van der Waals surface area contributed by atoms with Crippen molar-refractivity contribution >= 4 is 10.8 Å². The van der Waals surface area contributed by atoms with Crippen molar-refractivity contribution in [2.24, 2.45) is 5.92 Å². The standard InChI is InChI=1S/C17H21NO2/c19-16-7-3-5-13(16)10-18-11-15-14-6-2-1-4-12(14)8-9-17(15)20/h1-2,4,6,8-9,13,16,18-20H,3,5,7,10-11H2. The highest BCUT2D eigenvalue weighted by Gasteiger charge is 2.24. The van der Waals surface area contributed by atoms with E-state index in [1.165, 1.54) is 0 Å². The van der Waals surface area contributed by atoms with Gasteiger partial charge in [0.1, 0.15) is 5.75 Å². The van der Waals surface area contributed by atoms with Crippen LogP contribution in [-0.4, -0.2) is 22.9 Å². The van der Waals surface area contributed by atoms with Crippen molar-refractivity contribution in [1.29, 1.82) is 0 Å². The third-order valence-corrected chi connectivity index (χ3v) is 4.34. The summed E-state index contributed by atoms with van der Waals surface area (Å²) in [6.07, 6.45) is 2.97. The normalized spacial score (nSPS) is 22.4. The van der Waals surface area contributed by atoms with Gasteiger partial charge in [-0.3, -0.25) is 0 Å². The number of rotatable bonds is 4. The molecule has 0 heterocycles. The fraction of sp³-hybridized carbons (Fsp3) is 0.412. The molecule has 3 rings (SSSR count). The predicted octanol–water partition coefficient (Wildman–Crippen LogP) is 2.80. The van der Waals surface area contributed by atoms with Gasteiger partial charge < -0.3 is 15.5 Å². The van der Waals surface area contributed by atoms with Gasteiger partial charge in [-0.2, -0.15) is 0 Å². The zero-order valence-corrected chi connectivity index (χ0v) is 11.5. The van der Waals surface area contributed by atoms with Crippen LogP contribution in [0.5, 0.6) is 5.75 Å². The Balaban J connectivity index is 1.72. The molecule has 3 heteroatoms. The summed E-state index contributed by atoms with van der Waals surface area (Å²) in [5.41, 5.74) is 0.940. The van der Waals surface area contributed by atoms with Gasteiger partial charge >= 0.3 is 0 Å². The van der Waals surface area contributed by atoms with Crippen molar-refractivity contribution < 1.29 is 10.2 Å². The van der Waals surface area contributed by atoms with Gasteiger partial charge in [-0.25, -0.2) is 0 Å². The monoisotopic (exact) mass is 271 g/mol. The summed E-state index contributed by atoms with van der Waals surface area (Å²) in [6, 6.07) is 11.8. The van der Waals surface area contributed by atoms with Gasteiger partial charge in [0.2, 0.25) is 0 Å². The molecule has 1 aliphatic rings. The molecule has 1 fully saturated rings. The fourth-order valence-corrected chi connectivity index (χ4v) is 3.15. The van der Waals surface area contributed by atoms with Gasteiger partial charge in [0.25, 0.3) is 0 Å². The van der Waals surface area contributed by atoms with Crippen LogP contribution in [0.2, 0.25) is 0 Å². The Kier molecular flexibility index (Phi) is 3.90. The van der Waals surface area contributed by atoms with Crippen molar-refractivity contribution in [2.45, 2.75) is 31.9 Å². The van der Waals surface area contributed by atoms with Crippen LogP contribution >= 0.6 is 0 Å². The van der Waals surface area contributed by atoms with Crippen molar-refractivity contribution in [3.05, 3.63) is 42.0 Å². The van der Waals surface area contributed by atoms with Gasteiger partial charge in [-0.05, 0) is 35.6 Å². The van der Waals surface area contributed by atoms with E-state index in [-0.39, 0.29) is 6.10 Å². The summed E-state index contributed by atoms with van der Waals surface area (Å²) < 4.78 is 0. The summed E-state index contributed by atoms with van der Waals surface area (Å²) in [5, 5.41) is 25.5. The molecule has 1 saturated carbocycles. The Hall–Kier alpha value is -1.58. The van der Waals surface area contributed by atoms with Crippen molar-refractivity contribution in [1.82, 2.24) is 5.32 Å². The molecule has 0 aromatic heterocycles. The average molecular weight is 271 g/mol. The fourth-order valence-electron chi connectivity index (χ4n) is 3.15. The van der Waals surface area contributed by atoms with E-state index in [1.807, 2.05) is 24.3 Å². The first-order valence-electron chi connectivity index (χ1n) is 7.34. The third-order valence-electron chi connectivity index (χ3n) is 4.34. The molecule has 0 amide bonds. The summed E-state index contributed by atoms with van der Waals surface area (Å²) in [5.74, 6) is 0.690. The summed E-state index contributed by atoms with van der Waals surface area (Å²) >= 11 is 0. The molecule has 0 bridgehead atoms. The molecule has 1 aliphatic carbocycles. The van der Waals surface area contributed by atoms with E-state index >= 15 is 0 Å². The van der Waals surface area contributed by atoms with E-state index in [2.05, 4.69) is 11.4 Å². The number of hydrogen-bond acceptors (Lipinski definition) is 3. The quantitative estimate of drug-likeness (QED) is 0.801. The molecule has 3 N–H and O–H groups in total. The smallest absolute Gasteiger partial charge is 0.120 e. The second-order valence-corrected chi connectivity index (χ2v) is 5.67. The second-order valence-electron chi connectivity index (χ2n) is 5.67. The van der Waals surface area contributed by atoms with E-state index in [0.717, 1.165) is 42.1 Å². The number of aliphatic hydroxyl groups excluding tert-OH is 1. The number of hydrogen-bond donors (Lipinski definition) is 3. The molecule has 2 aromatic rings. The second kappa shape index (κ2) is 5.81. The molecular formula is C17H21NO2. The Morgan fingerprint density at radius 2 is 1.95 bits per heavy atom. The highest BCUT2D eigenvalue weighted by atomic mass is 16.3. The first-order chi connectivity index (χ1) is 9.75. The van der Waals surface area contributed by atoms with Crippen molar-refractivity contribution in [2.75, 3.05) is 6.54 Å². The molecule has 2 aromatic carbocycles. The summed E-state index contributed by atoms with van der Waals surface area (Å²) in [7, 11) is 0. The minimum atomic E-state index is -0.163. The maximum absolute atomic E-state index is 10.1. The summed E-state index contributed by atoms with van der Waals surface area (Å²) in [4.78, 5) is 0. The first-order valence-corrected chi connectivity index (χ1v) is 7.34. The molecule has 0 spiro atoms. The van der Waals surface area contributed by atoms with Gasteiger partial charge in [0.05, 0.1) is 6.10 Å². The van der Waals surface area contributed by atoms with Crippen LogP contribution in [0.25, 0.3) is 10.8 Å². The molecule has 106 valence electrons. The van der Waals surface area contributed by atoms with Crippen LogP contribution in [0.15, 0.2) is 36.4 Å². The number of benzene rings is 2. The highest BCUT2D eigenvalue weighted by Crippen LogP contribution is 2.28. The zero-order valence-electron chi connectivity index (χ0n) is 11.5. The molecule has 0 aliphatic heterocycles. The lowest BCUT2D eigenvalue weighted by atomic mass is 10.0. The molecule has 2 unspecified atom stereocenters. The Bertz CT molecular complexity index is 597. The number of phenolic OH excluding ortho intramolecular Hbond substituents is 1. The SMILES string of the molecule is Oc1ccc2ccccc2c1CNCC1CCCC1O. The molecule has 3 nitrogen and oxygen atoms in total. The predicted molar refractivity (Wildman–Crippen MR) is 80.7 cm³/mol. The minimum absolute atomic E-state index is 0.163. The molecular weight excluding hydrogens is 250 g/mol. The maximum atomic E-state index is 10.1. The highest BCUT2D eigenvalue weighted by molar-refractivity contribution is 5.87. The average Bonchev–Trinajstić information content (AvgIpc) is 2.87. The molecule has 20 heavy (non-hydrogen) atoms. The van der Waals surface area contributed by atoms with Crippen LogP contribution in [-0.2, 0) is 6.54 Å². The van der Waals surface area contributed by atoms with Crippen LogP contribution in [0.3, 0.4) is 0 Å². The molecule has 0 radical (unpaired) electrons. The van der Waals surface area contributed by atoms with Crippen LogP contribution < -0.4 is 5.32 Å². The van der Waals surface area contributed by atoms with E-state index in [0.29, 0.717) is 18.2 Å². The minimum Gasteiger partial charge on any atom is -0.508 e. The molecule has 2 atom stereocenters. The van der Waals surface area contributed by atoms with Crippen LogP contribution in [0.1, 0.15) is 24.8 Å². The van der Waals surface area contributed by atoms with Gasteiger partial charge in [-0.15, -0.1) is 0 Å². The lowest BCUT2D eigenvalue weighted by Gasteiger charge is -2.16. The van der Waals surface area contributed by atoms with Gasteiger partial charge in [0, 0.05) is 18.7 Å². The number of phenols is 1. The maximum Gasteiger partial charge on any atom is 0.120 e. The van der Waals surface area contributed by atoms with E-state index in [1.54, 1.807) is 6.07 Å². The number of aromatic hydroxyl groups is 1. The largest absolute Gasteiger partial charge is 0.508 e. The lowest BCUT2D eigenvalue weighted by molar-refractivity contribution is 0.131. The third kappa shape index (κ3) is 2.65. The van der Waals surface area contributed by atoms with Gasteiger partial charge in [0.15, 0.2) is 0 Å². The van der Waals surface area contributed by atoms with E-state index in [4.69, 9.17) is 0 Å². The number of fused-ring (bicyclic) bond motifs is 1. The van der Waals surface area contributed by atoms with Crippen molar-refractivity contribution in [3.8, 4) is 5.75 Å². The van der Waals surface area contributed by atoms with Crippen molar-refractivity contribution in [3.63, 3.8) is 0 Å². The lowest BCUT2D eigenvalue weighted by Crippen LogP contribution is -2.27. The molecule has 0 saturated heterocycles. The topological polar surface area (TPSA) is 52.5 Å². The first kappa shape index (κ1) is 13.4. The van der Waals surface area contributed by atoms with Crippen LogP contribution in [0.4, 0.5) is 0 Å². The summed E-state index contributed by atoms with van der Waals surface area (Å²) in [6.45, 7) is 1.44. The Morgan fingerprint density at radius 1 is 1.10 bits per heavy atom. The Morgan fingerprint density at radius 3 is 2.75 bits per heavy atom. The van der Waals surface area contributed by atoms with E-state index in [9.17, 15) is 10.2 Å². The van der Waals surface area contributed by atoms with Crippen LogP contribution in [0, 0.1) is 5.92 Å². The van der Waals surface area contributed by atoms with E-state index < -0.39 is 0 Å². The Labute approximate surface area is 119 Å².